The summed E-state index contributed by atoms with van der Waals surface area (Å²) in [5, 5.41) is 11.0. The van der Waals surface area contributed by atoms with Crippen LogP contribution >= 0.6 is 0 Å². The van der Waals surface area contributed by atoms with Crippen LogP contribution in [0.3, 0.4) is 0 Å². The molecule has 1 saturated carbocycles. The Kier molecular flexibility index (Phi) is 3.04. The van der Waals surface area contributed by atoms with Crippen LogP contribution in [0.1, 0.15) is 23.2 Å². The van der Waals surface area contributed by atoms with E-state index in [1.165, 1.54) is 11.0 Å². The lowest BCUT2D eigenvalue weighted by molar-refractivity contribution is 0.1000. The molecule has 0 atom stereocenters. The highest BCUT2D eigenvalue weighted by Gasteiger charge is 2.24. The first-order valence-electron chi connectivity index (χ1n) is 7.13. The summed E-state index contributed by atoms with van der Waals surface area (Å²) in [5.41, 5.74) is 6.95. The van der Waals surface area contributed by atoms with Gasteiger partial charge in [0.1, 0.15) is 22.4 Å². The summed E-state index contributed by atoms with van der Waals surface area (Å²) in [5.74, 6) is -0.222. The van der Waals surface area contributed by atoms with Crippen LogP contribution in [0, 0.1) is 0 Å². The molecule has 23 heavy (non-hydrogen) atoms. The number of nitrogens with one attached hydrogen (secondary N) is 1. The van der Waals surface area contributed by atoms with Gasteiger partial charge >= 0.3 is 6.01 Å². The first-order chi connectivity index (χ1) is 11.2. The topological polar surface area (TPSA) is 121 Å². The minimum absolute atomic E-state index is 0.0498. The average molecular weight is 311 g/mol. The summed E-state index contributed by atoms with van der Waals surface area (Å²) in [6.45, 7) is 0. The number of amides is 1. The second kappa shape index (κ2) is 5.20. The number of carbonyl (C=O) groups is 1. The van der Waals surface area contributed by atoms with Gasteiger partial charge in [0.05, 0.1) is 0 Å². The molecule has 1 aliphatic carbocycles. The van der Waals surface area contributed by atoms with Gasteiger partial charge < -0.3 is 15.9 Å². The normalized spacial score (nSPS) is 13.9. The van der Waals surface area contributed by atoms with Gasteiger partial charge in [0.2, 0.25) is 0 Å². The van der Waals surface area contributed by atoms with Crippen LogP contribution < -0.4 is 15.9 Å². The van der Waals surface area contributed by atoms with Crippen molar-refractivity contribution in [3.63, 3.8) is 0 Å². The lowest BCUT2D eigenvalue weighted by Crippen LogP contribution is -2.18. The molecule has 2 heterocycles. The fourth-order valence-corrected chi connectivity index (χ4v) is 2.11. The van der Waals surface area contributed by atoms with Crippen molar-refractivity contribution in [3.05, 3.63) is 36.0 Å². The van der Waals surface area contributed by atoms with Gasteiger partial charge in [-0.3, -0.25) is 4.79 Å². The van der Waals surface area contributed by atoms with E-state index in [4.69, 9.17) is 10.6 Å². The van der Waals surface area contributed by atoms with E-state index in [0.717, 1.165) is 12.8 Å². The molecule has 4 rings (SSSR count). The predicted octanol–water partition coefficient (Wildman–Crippen LogP) is 0.737. The van der Waals surface area contributed by atoms with E-state index in [2.05, 4.69) is 25.6 Å². The Morgan fingerprint density at radius 3 is 2.96 bits per heavy atom. The number of hydrogen-bond acceptors (Lipinski definition) is 7. The third-order valence-corrected chi connectivity index (χ3v) is 3.44. The summed E-state index contributed by atoms with van der Waals surface area (Å²) in [6.07, 6.45) is 3.41. The molecule has 1 amide bonds. The largest absolute Gasteiger partial charge is 0.366 e. The van der Waals surface area contributed by atoms with Crippen molar-refractivity contribution in [2.45, 2.75) is 18.9 Å². The van der Waals surface area contributed by atoms with Gasteiger partial charge in [0, 0.05) is 12.2 Å². The van der Waals surface area contributed by atoms with E-state index in [1.54, 1.807) is 0 Å². The number of benzene rings is 1. The molecule has 0 bridgehead atoms. The van der Waals surface area contributed by atoms with Crippen LogP contribution in [-0.4, -0.2) is 37.1 Å². The maximum Gasteiger partial charge on any atom is 0.347 e. The summed E-state index contributed by atoms with van der Waals surface area (Å²) >= 11 is 0. The molecular formula is C14H13N7O2. The Morgan fingerprint density at radius 2 is 2.17 bits per heavy atom. The lowest BCUT2D eigenvalue weighted by Gasteiger charge is -2.09. The fraction of sp³-hybridized carbons (Fsp3) is 0.214. The highest BCUT2D eigenvalue weighted by Crippen LogP contribution is 2.26. The van der Waals surface area contributed by atoms with Gasteiger partial charge in [-0.15, -0.1) is 5.10 Å². The van der Waals surface area contributed by atoms with Crippen LogP contribution in [-0.2, 0) is 0 Å². The van der Waals surface area contributed by atoms with Crippen LogP contribution in [0.15, 0.2) is 30.5 Å². The van der Waals surface area contributed by atoms with Crippen LogP contribution in [0.4, 0.5) is 5.82 Å². The smallest absolute Gasteiger partial charge is 0.347 e. The average Bonchev–Trinajstić information content (AvgIpc) is 3.27. The van der Waals surface area contributed by atoms with Crippen LogP contribution in [0.2, 0.25) is 0 Å². The van der Waals surface area contributed by atoms with E-state index in [1.807, 2.05) is 24.3 Å². The Morgan fingerprint density at radius 1 is 1.35 bits per heavy atom. The van der Waals surface area contributed by atoms with Crippen molar-refractivity contribution in [3.8, 4) is 6.01 Å². The van der Waals surface area contributed by atoms with Crippen LogP contribution in [0.5, 0.6) is 6.01 Å². The van der Waals surface area contributed by atoms with E-state index in [-0.39, 0.29) is 11.6 Å². The quantitative estimate of drug-likeness (QED) is 0.712. The monoisotopic (exact) mass is 311 g/mol. The van der Waals surface area contributed by atoms with Crippen molar-refractivity contribution in [2.24, 2.45) is 5.73 Å². The Hall–Kier alpha value is -3.23. The maximum absolute atomic E-state index is 11.5. The number of carbonyl (C=O) groups excluding carboxylic acids is 1. The predicted molar refractivity (Wildman–Crippen MR) is 80.7 cm³/mol. The maximum atomic E-state index is 11.5. The molecule has 3 N–H and O–H groups in total. The number of primary amides is 1. The molecule has 9 nitrogen and oxygen atoms in total. The lowest BCUT2D eigenvalue weighted by atomic mass is 10.3. The van der Waals surface area contributed by atoms with Gasteiger partial charge in [-0.05, 0) is 30.2 Å². The van der Waals surface area contributed by atoms with Gasteiger partial charge in [-0.25, -0.2) is 4.98 Å². The molecule has 0 radical (unpaired) electrons. The fourth-order valence-electron chi connectivity index (χ4n) is 2.11. The third kappa shape index (κ3) is 2.63. The molecule has 0 spiro atoms. The Bertz CT molecular complexity index is 888. The molecule has 2 aromatic heterocycles. The minimum Gasteiger partial charge on any atom is -0.366 e. The highest BCUT2D eigenvalue weighted by atomic mass is 16.7. The molecule has 116 valence electrons. The van der Waals surface area contributed by atoms with E-state index in [9.17, 15) is 4.79 Å². The number of nitrogens with zero attached hydrogens (tertiary/aromatic N) is 5. The molecular weight excluding hydrogens is 298 g/mol. The molecule has 1 aliphatic rings. The Labute approximate surface area is 130 Å². The van der Waals surface area contributed by atoms with Crippen molar-refractivity contribution in [1.29, 1.82) is 0 Å². The number of anilines is 1. The summed E-state index contributed by atoms with van der Waals surface area (Å²) < 4.78 is 0. The van der Waals surface area contributed by atoms with E-state index < -0.39 is 5.91 Å². The zero-order valence-corrected chi connectivity index (χ0v) is 12.0. The number of para-hydroxylation sites is 1. The number of aromatic nitrogens is 5. The second-order valence-electron chi connectivity index (χ2n) is 5.24. The van der Waals surface area contributed by atoms with Gasteiger partial charge in [0.15, 0.2) is 0 Å². The molecule has 3 aromatic rings. The Balaban J connectivity index is 1.67. The molecule has 0 aliphatic heterocycles. The molecule has 0 unspecified atom stereocenters. The van der Waals surface area contributed by atoms with E-state index in [0.29, 0.717) is 22.9 Å². The number of fused-ring (bicyclic) bond motifs is 1. The standard InChI is InChI=1S/C14H13N7O2/c15-12(22)9-7-16-14(18-13(9)17-8-5-6-8)23-21-11-4-2-1-3-10(11)19-20-21/h1-4,7-8H,5-6H2,(H2,15,22)(H,16,17,18). The molecule has 1 fully saturated rings. The minimum atomic E-state index is -0.592. The van der Waals surface area contributed by atoms with Crippen molar-refractivity contribution >= 4 is 22.8 Å². The summed E-state index contributed by atoms with van der Waals surface area (Å²) in [6, 6.07) is 7.70. The van der Waals surface area contributed by atoms with Gasteiger partial charge in [-0.2, -0.15) is 4.98 Å². The third-order valence-electron chi connectivity index (χ3n) is 3.44. The zero-order chi connectivity index (χ0) is 15.8. The van der Waals surface area contributed by atoms with Crippen molar-refractivity contribution < 1.29 is 9.63 Å². The number of hydrogen-bond donors (Lipinski definition) is 2. The first kappa shape index (κ1) is 13.4. The van der Waals surface area contributed by atoms with Gasteiger partial charge in [-0.1, -0.05) is 17.0 Å². The second-order valence-corrected chi connectivity index (χ2v) is 5.24. The number of rotatable bonds is 5. The highest BCUT2D eigenvalue weighted by molar-refractivity contribution is 5.97. The van der Waals surface area contributed by atoms with Gasteiger partial charge in [0.25, 0.3) is 5.91 Å². The van der Waals surface area contributed by atoms with Crippen molar-refractivity contribution in [1.82, 2.24) is 25.1 Å². The number of nitrogens with two attached hydrogens (primary N) is 1. The SMILES string of the molecule is NC(=O)c1cnc(On2nnc3ccccc32)nc1NC1CC1. The molecule has 0 saturated heterocycles. The summed E-state index contributed by atoms with van der Waals surface area (Å²) in [4.78, 5) is 26.5. The summed E-state index contributed by atoms with van der Waals surface area (Å²) in [7, 11) is 0. The van der Waals surface area contributed by atoms with Crippen molar-refractivity contribution in [2.75, 3.05) is 5.32 Å². The zero-order valence-electron chi connectivity index (χ0n) is 12.0. The molecule has 9 heteroatoms. The first-order valence-corrected chi connectivity index (χ1v) is 7.13. The van der Waals surface area contributed by atoms with E-state index >= 15 is 0 Å². The van der Waals surface area contributed by atoms with Crippen LogP contribution in [0.25, 0.3) is 11.0 Å². The molecule has 1 aromatic carbocycles.